The van der Waals surface area contributed by atoms with E-state index in [-0.39, 0.29) is 24.4 Å². The van der Waals surface area contributed by atoms with Gasteiger partial charge in [0.2, 0.25) is 5.91 Å². The maximum atomic E-state index is 12.6. The first-order valence-electron chi connectivity index (χ1n) is 9.64. The number of para-hydroxylation sites is 2. The molecule has 6 nitrogen and oxygen atoms in total. The van der Waals surface area contributed by atoms with Crippen LogP contribution in [0, 0.1) is 0 Å². The van der Waals surface area contributed by atoms with E-state index in [0.717, 1.165) is 5.56 Å². The molecule has 0 bridgehead atoms. The predicted molar refractivity (Wildman–Crippen MR) is 117 cm³/mol. The Bertz CT molecular complexity index is 1000. The lowest BCUT2D eigenvalue weighted by atomic mass is 9.97. The summed E-state index contributed by atoms with van der Waals surface area (Å²) in [5.74, 6) is -0.213. The summed E-state index contributed by atoms with van der Waals surface area (Å²) in [4.78, 5) is 30.9. The highest BCUT2D eigenvalue weighted by Gasteiger charge is 2.23. The lowest BCUT2D eigenvalue weighted by Crippen LogP contribution is -2.23. The van der Waals surface area contributed by atoms with Gasteiger partial charge >= 0.3 is 5.97 Å². The first-order chi connectivity index (χ1) is 14.5. The van der Waals surface area contributed by atoms with Crippen molar-refractivity contribution in [1.82, 2.24) is 4.98 Å². The molecule has 0 aliphatic carbocycles. The van der Waals surface area contributed by atoms with Gasteiger partial charge in [-0.15, -0.1) is 11.3 Å². The molecule has 0 fully saturated rings. The third-order valence-electron chi connectivity index (χ3n) is 4.63. The Labute approximate surface area is 180 Å². The molecule has 0 aliphatic rings. The van der Waals surface area contributed by atoms with Crippen LogP contribution < -0.4 is 9.64 Å². The predicted octanol–water partition coefficient (Wildman–Crippen LogP) is 5.07. The summed E-state index contributed by atoms with van der Waals surface area (Å²) in [5.41, 5.74) is 2.14. The first kappa shape index (κ1) is 21.5. The Kier molecular flexibility index (Phi) is 7.19. The van der Waals surface area contributed by atoms with Crippen LogP contribution >= 0.6 is 11.3 Å². The van der Waals surface area contributed by atoms with E-state index in [9.17, 15) is 9.59 Å². The van der Waals surface area contributed by atoms with Crippen LogP contribution in [0.1, 0.15) is 37.4 Å². The molecule has 1 atom stereocenters. The number of hydrogen-bond acceptors (Lipinski definition) is 6. The van der Waals surface area contributed by atoms with Crippen molar-refractivity contribution in [3.05, 3.63) is 71.2 Å². The van der Waals surface area contributed by atoms with Gasteiger partial charge in [0.05, 0.1) is 24.4 Å². The maximum Gasteiger partial charge on any atom is 0.313 e. The maximum absolute atomic E-state index is 12.6. The number of nitrogens with zero attached hydrogens (tertiary/aromatic N) is 2. The Hall–Kier alpha value is -3.19. The van der Waals surface area contributed by atoms with Gasteiger partial charge in [0.25, 0.3) is 0 Å². The van der Waals surface area contributed by atoms with E-state index in [0.29, 0.717) is 28.7 Å². The van der Waals surface area contributed by atoms with Gasteiger partial charge in [-0.25, -0.2) is 4.98 Å². The second kappa shape index (κ2) is 10.0. The molecule has 2 aromatic carbocycles. The van der Waals surface area contributed by atoms with Crippen molar-refractivity contribution >= 4 is 34.0 Å². The van der Waals surface area contributed by atoms with E-state index in [4.69, 9.17) is 9.47 Å². The molecule has 3 aromatic rings. The van der Waals surface area contributed by atoms with E-state index >= 15 is 0 Å². The number of amides is 1. The summed E-state index contributed by atoms with van der Waals surface area (Å²) in [6, 6.07) is 16.8. The van der Waals surface area contributed by atoms with Crippen molar-refractivity contribution in [2.45, 2.75) is 32.8 Å². The number of ether oxygens (including phenoxy) is 2. The Morgan fingerprint density at radius 2 is 1.80 bits per heavy atom. The van der Waals surface area contributed by atoms with Crippen molar-refractivity contribution in [1.29, 1.82) is 0 Å². The fourth-order valence-electron chi connectivity index (χ4n) is 3.16. The van der Waals surface area contributed by atoms with Crippen LogP contribution in [0.15, 0.2) is 60.0 Å². The minimum atomic E-state index is -0.313. The molecular weight excluding hydrogens is 400 g/mol. The highest BCUT2D eigenvalue weighted by Crippen LogP contribution is 2.35. The minimum Gasteiger partial charge on any atom is -0.495 e. The van der Waals surface area contributed by atoms with Gasteiger partial charge in [0, 0.05) is 12.3 Å². The molecule has 30 heavy (non-hydrogen) atoms. The molecule has 0 saturated heterocycles. The summed E-state index contributed by atoms with van der Waals surface area (Å²) in [6.07, 6.45) is 0.650. The second-order valence-electron chi connectivity index (χ2n) is 6.63. The van der Waals surface area contributed by atoms with Crippen molar-refractivity contribution in [2.24, 2.45) is 0 Å². The molecule has 1 unspecified atom stereocenters. The largest absolute Gasteiger partial charge is 0.495 e. The van der Waals surface area contributed by atoms with Crippen molar-refractivity contribution in [3.8, 4) is 5.75 Å². The quantitative estimate of drug-likeness (QED) is 0.472. The first-order valence-corrected chi connectivity index (χ1v) is 10.5. The van der Waals surface area contributed by atoms with Gasteiger partial charge in [-0.2, -0.15) is 0 Å². The Morgan fingerprint density at radius 1 is 1.10 bits per heavy atom. The zero-order valence-corrected chi connectivity index (χ0v) is 18.0. The topological polar surface area (TPSA) is 68.7 Å². The number of thiazole rings is 1. The van der Waals surface area contributed by atoms with Crippen molar-refractivity contribution in [3.63, 3.8) is 0 Å². The average molecular weight is 425 g/mol. The van der Waals surface area contributed by atoms with Crippen LogP contribution in [-0.4, -0.2) is 24.0 Å². The number of carbonyl (C=O) groups is 2. The van der Waals surface area contributed by atoms with Gasteiger partial charge in [0.15, 0.2) is 5.13 Å². The third kappa shape index (κ3) is 4.86. The Balaban J connectivity index is 1.73. The molecule has 0 saturated carbocycles. The van der Waals surface area contributed by atoms with Crippen LogP contribution in [0.5, 0.6) is 5.75 Å². The number of anilines is 2. The van der Waals surface area contributed by atoms with Crippen molar-refractivity contribution in [2.75, 3.05) is 12.0 Å². The molecule has 0 N–H and O–H groups in total. The lowest BCUT2D eigenvalue weighted by molar-refractivity contribution is -0.147. The van der Waals surface area contributed by atoms with Gasteiger partial charge in [-0.05, 0) is 24.1 Å². The molecule has 156 valence electrons. The number of esters is 1. The summed E-state index contributed by atoms with van der Waals surface area (Å²) in [5, 5.41) is 2.28. The summed E-state index contributed by atoms with van der Waals surface area (Å²) in [6.45, 7) is 3.48. The molecular formula is C23H24N2O4S. The van der Waals surface area contributed by atoms with E-state index in [2.05, 4.69) is 4.98 Å². The highest BCUT2D eigenvalue weighted by atomic mass is 32.1. The molecule has 3 rings (SSSR count). The SMILES string of the molecule is CCC(C(=O)OCc1csc(N(C(C)=O)c2ccccc2OC)n1)c1ccccc1. The number of rotatable bonds is 8. The van der Waals surface area contributed by atoms with Gasteiger partial charge in [-0.3, -0.25) is 14.5 Å². The van der Waals surface area contributed by atoms with Crippen LogP contribution in [0.3, 0.4) is 0 Å². The number of methoxy groups -OCH3 is 1. The summed E-state index contributed by atoms with van der Waals surface area (Å²) < 4.78 is 10.9. The second-order valence-corrected chi connectivity index (χ2v) is 7.46. The average Bonchev–Trinajstić information content (AvgIpc) is 3.22. The third-order valence-corrected chi connectivity index (χ3v) is 5.50. The number of aromatic nitrogens is 1. The van der Waals surface area contributed by atoms with Gasteiger partial charge in [-0.1, -0.05) is 49.4 Å². The Morgan fingerprint density at radius 3 is 2.47 bits per heavy atom. The number of carbonyl (C=O) groups excluding carboxylic acids is 2. The molecule has 1 heterocycles. The van der Waals surface area contributed by atoms with Crippen LogP contribution in [0.25, 0.3) is 0 Å². The van der Waals surface area contributed by atoms with Crippen LogP contribution in [0.4, 0.5) is 10.8 Å². The van der Waals surface area contributed by atoms with Gasteiger partial charge < -0.3 is 9.47 Å². The van der Waals surface area contributed by atoms with E-state index in [1.165, 1.54) is 23.2 Å². The molecule has 1 aromatic heterocycles. The lowest BCUT2D eigenvalue weighted by Gasteiger charge is -2.20. The zero-order chi connectivity index (χ0) is 21.5. The monoisotopic (exact) mass is 424 g/mol. The van der Waals surface area contributed by atoms with E-state index in [1.807, 2.05) is 49.4 Å². The molecule has 7 heteroatoms. The molecule has 0 radical (unpaired) electrons. The summed E-state index contributed by atoms with van der Waals surface area (Å²) in [7, 11) is 1.56. The highest BCUT2D eigenvalue weighted by molar-refractivity contribution is 7.14. The smallest absolute Gasteiger partial charge is 0.313 e. The van der Waals surface area contributed by atoms with Gasteiger partial charge in [0.1, 0.15) is 12.4 Å². The standard InChI is InChI=1S/C23H24N2O4S/c1-4-19(17-10-6-5-7-11-17)22(27)29-14-18-15-30-23(24-18)25(16(2)26)20-12-8-9-13-21(20)28-3/h5-13,15,19H,4,14H2,1-3H3. The zero-order valence-electron chi connectivity index (χ0n) is 17.2. The number of benzene rings is 2. The summed E-state index contributed by atoms with van der Waals surface area (Å²) >= 11 is 1.31. The minimum absolute atomic E-state index is 0.0519. The molecule has 1 amide bonds. The fourth-order valence-corrected chi connectivity index (χ4v) is 4.02. The van der Waals surface area contributed by atoms with Crippen LogP contribution in [-0.2, 0) is 20.9 Å². The van der Waals surface area contributed by atoms with Crippen molar-refractivity contribution < 1.29 is 19.1 Å². The normalized spacial score (nSPS) is 11.6. The van der Waals surface area contributed by atoms with E-state index < -0.39 is 0 Å². The van der Waals surface area contributed by atoms with Crippen LogP contribution in [0.2, 0.25) is 0 Å². The fraction of sp³-hybridized carbons (Fsp3) is 0.261. The molecule has 0 aliphatic heterocycles. The number of hydrogen-bond donors (Lipinski definition) is 0. The molecule has 0 spiro atoms. The van der Waals surface area contributed by atoms with E-state index in [1.54, 1.807) is 24.6 Å².